The van der Waals surface area contributed by atoms with Gasteiger partial charge in [0.2, 0.25) is 0 Å². The Kier molecular flexibility index (Phi) is 6.98. The minimum absolute atomic E-state index is 0.736. The second kappa shape index (κ2) is 9.32. The Bertz CT molecular complexity index is 496. The average Bonchev–Trinajstić information content (AvgIpc) is 2.97. The van der Waals surface area contributed by atoms with Gasteiger partial charge in [-0.2, -0.15) is 0 Å². The fraction of sp³-hybridized carbons (Fsp3) is 0.471. The summed E-state index contributed by atoms with van der Waals surface area (Å²) in [7, 11) is 1.71. The van der Waals surface area contributed by atoms with Crippen molar-refractivity contribution in [3.63, 3.8) is 0 Å². The Balaban J connectivity index is 1.61. The van der Waals surface area contributed by atoms with Gasteiger partial charge in [0.25, 0.3) is 0 Å². The monoisotopic (exact) mass is 287 g/mol. The van der Waals surface area contributed by atoms with Crippen LogP contribution >= 0.6 is 0 Å². The van der Waals surface area contributed by atoms with E-state index in [0.29, 0.717) is 0 Å². The molecule has 0 saturated carbocycles. The molecule has 0 atom stereocenters. The van der Waals surface area contributed by atoms with Crippen LogP contribution in [-0.2, 0) is 24.2 Å². The summed E-state index contributed by atoms with van der Waals surface area (Å²) in [6, 6.07) is 10.7. The normalized spacial score (nSPS) is 10.9. The van der Waals surface area contributed by atoms with E-state index < -0.39 is 0 Å². The van der Waals surface area contributed by atoms with Crippen molar-refractivity contribution >= 4 is 0 Å². The molecule has 0 saturated heterocycles. The number of nitrogens with one attached hydrogen (secondary N) is 1. The number of aromatic nitrogens is 2. The summed E-state index contributed by atoms with van der Waals surface area (Å²) in [5.74, 6) is 0. The molecule has 1 aromatic heterocycles. The third-order valence-electron chi connectivity index (χ3n) is 3.45. The van der Waals surface area contributed by atoms with E-state index in [1.54, 1.807) is 7.11 Å². The van der Waals surface area contributed by atoms with Gasteiger partial charge >= 0.3 is 0 Å². The van der Waals surface area contributed by atoms with Crippen molar-refractivity contribution in [1.82, 2.24) is 14.9 Å². The van der Waals surface area contributed by atoms with Gasteiger partial charge < -0.3 is 14.6 Å². The van der Waals surface area contributed by atoms with E-state index in [1.807, 2.05) is 6.33 Å². The maximum atomic E-state index is 5.00. The molecule has 0 aliphatic carbocycles. The summed E-state index contributed by atoms with van der Waals surface area (Å²) >= 11 is 0. The molecule has 4 nitrogen and oxygen atoms in total. The van der Waals surface area contributed by atoms with Crippen LogP contribution in [0.1, 0.15) is 24.1 Å². The lowest BCUT2D eigenvalue weighted by Gasteiger charge is -2.03. The zero-order valence-electron chi connectivity index (χ0n) is 12.8. The van der Waals surface area contributed by atoms with E-state index in [4.69, 9.17) is 4.74 Å². The van der Waals surface area contributed by atoms with Crippen LogP contribution < -0.4 is 5.32 Å². The highest BCUT2D eigenvalue weighted by molar-refractivity contribution is 5.14. The third-order valence-corrected chi connectivity index (χ3v) is 3.45. The number of imidazole rings is 1. The molecular weight excluding hydrogens is 262 g/mol. The average molecular weight is 287 g/mol. The molecule has 21 heavy (non-hydrogen) atoms. The van der Waals surface area contributed by atoms with Gasteiger partial charge in [-0.3, -0.25) is 0 Å². The molecule has 114 valence electrons. The molecule has 0 radical (unpaired) electrons. The topological polar surface area (TPSA) is 39.1 Å². The minimum atomic E-state index is 0.736. The molecule has 0 fully saturated rings. The maximum Gasteiger partial charge on any atom is 0.0949 e. The van der Waals surface area contributed by atoms with Crippen molar-refractivity contribution in [2.75, 3.05) is 20.3 Å². The number of unbranched alkanes of at least 4 members (excludes halogenated alkanes) is 1. The highest BCUT2D eigenvalue weighted by atomic mass is 16.5. The summed E-state index contributed by atoms with van der Waals surface area (Å²) in [6.07, 6.45) is 7.60. The molecule has 0 unspecified atom stereocenters. The Morgan fingerprint density at radius 1 is 1.19 bits per heavy atom. The zero-order valence-corrected chi connectivity index (χ0v) is 12.8. The van der Waals surface area contributed by atoms with E-state index in [-0.39, 0.29) is 0 Å². The second-order valence-corrected chi connectivity index (χ2v) is 5.22. The van der Waals surface area contributed by atoms with Crippen LogP contribution in [0.4, 0.5) is 0 Å². The van der Waals surface area contributed by atoms with Gasteiger partial charge in [0, 0.05) is 32.9 Å². The van der Waals surface area contributed by atoms with Gasteiger partial charge in [0.05, 0.1) is 18.6 Å². The van der Waals surface area contributed by atoms with Crippen molar-refractivity contribution in [2.45, 2.75) is 32.4 Å². The van der Waals surface area contributed by atoms with Gasteiger partial charge in [-0.05, 0) is 24.8 Å². The smallest absolute Gasteiger partial charge is 0.0949 e. The first-order valence-electron chi connectivity index (χ1n) is 7.62. The van der Waals surface area contributed by atoms with Gasteiger partial charge in [-0.25, -0.2) is 4.98 Å². The summed E-state index contributed by atoms with van der Waals surface area (Å²) in [6.45, 7) is 3.44. The quantitative estimate of drug-likeness (QED) is 0.683. The van der Waals surface area contributed by atoms with Crippen molar-refractivity contribution in [3.05, 3.63) is 54.1 Å². The number of hydrogen-bond acceptors (Lipinski definition) is 3. The predicted molar refractivity (Wildman–Crippen MR) is 85.2 cm³/mol. The van der Waals surface area contributed by atoms with Gasteiger partial charge in [0.1, 0.15) is 0 Å². The summed E-state index contributed by atoms with van der Waals surface area (Å²) < 4.78 is 7.18. The van der Waals surface area contributed by atoms with Crippen LogP contribution in [0.2, 0.25) is 0 Å². The lowest BCUT2D eigenvalue weighted by molar-refractivity contribution is 0.199. The molecule has 1 N–H and O–H groups in total. The Morgan fingerprint density at radius 3 is 2.86 bits per heavy atom. The highest BCUT2D eigenvalue weighted by Crippen LogP contribution is 2.06. The lowest BCUT2D eigenvalue weighted by atomic mass is 10.1. The van der Waals surface area contributed by atoms with Crippen LogP contribution in [0.3, 0.4) is 0 Å². The molecule has 0 amide bonds. The first-order chi connectivity index (χ1) is 10.4. The highest BCUT2D eigenvalue weighted by Gasteiger charge is 1.99. The van der Waals surface area contributed by atoms with E-state index in [9.17, 15) is 0 Å². The fourth-order valence-electron chi connectivity index (χ4n) is 2.28. The second-order valence-electron chi connectivity index (χ2n) is 5.22. The van der Waals surface area contributed by atoms with Gasteiger partial charge in [0.15, 0.2) is 0 Å². The summed E-state index contributed by atoms with van der Waals surface area (Å²) in [4.78, 5) is 4.41. The minimum Gasteiger partial charge on any atom is -0.383 e. The fourth-order valence-corrected chi connectivity index (χ4v) is 2.28. The van der Waals surface area contributed by atoms with Crippen molar-refractivity contribution in [3.8, 4) is 0 Å². The van der Waals surface area contributed by atoms with Gasteiger partial charge in [-0.15, -0.1) is 0 Å². The first-order valence-corrected chi connectivity index (χ1v) is 7.62. The van der Waals surface area contributed by atoms with E-state index in [0.717, 1.165) is 38.4 Å². The molecule has 0 spiro atoms. The van der Waals surface area contributed by atoms with E-state index in [1.165, 1.54) is 18.4 Å². The molecule has 0 aliphatic heterocycles. The van der Waals surface area contributed by atoms with E-state index >= 15 is 0 Å². The maximum absolute atomic E-state index is 5.00. The Labute approximate surface area is 127 Å². The first kappa shape index (κ1) is 15.7. The van der Waals surface area contributed by atoms with E-state index in [2.05, 4.69) is 51.4 Å². The number of methoxy groups -OCH3 is 1. The molecule has 1 aromatic carbocycles. The van der Waals surface area contributed by atoms with Crippen LogP contribution in [0.5, 0.6) is 0 Å². The standard InChI is InChI=1S/C17H25N3O/c1-21-12-10-18-13-17-14-20(15-19-17)11-6-5-9-16-7-3-2-4-8-16/h2-4,7-8,14-15,18H,5-6,9-13H2,1H3. The van der Waals surface area contributed by atoms with Crippen LogP contribution in [0, 0.1) is 0 Å². The number of ether oxygens (including phenoxy) is 1. The molecule has 2 aromatic rings. The molecule has 4 heteroatoms. The molecule has 0 bridgehead atoms. The van der Waals surface area contributed by atoms with Crippen molar-refractivity contribution < 1.29 is 4.74 Å². The lowest BCUT2D eigenvalue weighted by Crippen LogP contribution is -2.18. The number of benzene rings is 1. The number of nitrogens with zero attached hydrogens (tertiary/aromatic N) is 2. The van der Waals surface area contributed by atoms with Crippen LogP contribution in [0.15, 0.2) is 42.9 Å². The zero-order chi connectivity index (χ0) is 14.8. The van der Waals surface area contributed by atoms with Crippen molar-refractivity contribution in [2.24, 2.45) is 0 Å². The number of rotatable bonds is 10. The number of hydrogen-bond donors (Lipinski definition) is 1. The third kappa shape index (κ3) is 6.10. The molecular formula is C17H25N3O. The Morgan fingerprint density at radius 2 is 2.05 bits per heavy atom. The SMILES string of the molecule is COCCNCc1cn(CCCCc2ccccc2)cn1. The Hall–Kier alpha value is -1.65. The predicted octanol–water partition coefficient (Wildman–Crippen LogP) is 2.64. The molecule has 1 heterocycles. The largest absolute Gasteiger partial charge is 0.383 e. The summed E-state index contributed by atoms with van der Waals surface area (Å²) in [5, 5.41) is 3.30. The van der Waals surface area contributed by atoms with Gasteiger partial charge in [-0.1, -0.05) is 30.3 Å². The van der Waals surface area contributed by atoms with Crippen LogP contribution in [0.25, 0.3) is 0 Å². The molecule has 2 rings (SSSR count). The molecule has 0 aliphatic rings. The van der Waals surface area contributed by atoms with Crippen LogP contribution in [-0.4, -0.2) is 29.8 Å². The number of aryl methyl sites for hydroxylation is 2. The summed E-state index contributed by atoms with van der Waals surface area (Å²) in [5.41, 5.74) is 2.51. The van der Waals surface area contributed by atoms with Crippen molar-refractivity contribution in [1.29, 1.82) is 0 Å².